The van der Waals surface area contributed by atoms with Gasteiger partial charge in [-0.3, -0.25) is 0 Å². The number of aryl methyl sites for hydroxylation is 1. The van der Waals surface area contributed by atoms with Crippen molar-refractivity contribution in [2.45, 2.75) is 19.8 Å². The van der Waals surface area contributed by atoms with Crippen LogP contribution in [0.2, 0.25) is 0 Å². The first-order valence-electron chi connectivity index (χ1n) is 9.51. The van der Waals surface area contributed by atoms with Gasteiger partial charge in [-0.25, -0.2) is 4.79 Å². The van der Waals surface area contributed by atoms with Crippen LogP contribution in [0.5, 0.6) is 0 Å². The molecule has 2 amide bonds. The van der Waals surface area contributed by atoms with Crippen molar-refractivity contribution in [2.75, 3.05) is 28.6 Å². The predicted molar refractivity (Wildman–Crippen MR) is 113 cm³/mol. The Bertz CT molecular complexity index is 947. The van der Waals surface area contributed by atoms with Crippen LogP contribution in [-0.2, 0) is 0 Å². The van der Waals surface area contributed by atoms with E-state index in [1.54, 1.807) is 0 Å². The molecule has 0 atom stereocenters. The molecule has 4 rings (SSSR count). The van der Waals surface area contributed by atoms with Gasteiger partial charge in [-0.05, 0) is 56.2 Å². The van der Waals surface area contributed by atoms with E-state index in [9.17, 15) is 4.79 Å². The summed E-state index contributed by atoms with van der Waals surface area (Å²) in [4.78, 5) is 14.5. The van der Waals surface area contributed by atoms with Gasteiger partial charge in [0.25, 0.3) is 0 Å². The predicted octanol–water partition coefficient (Wildman–Crippen LogP) is 4.70. The van der Waals surface area contributed by atoms with E-state index >= 15 is 0 Å². The highest BCUT2D eigenvalue weighted by Gasteiger charge is 2.14. The van der Waals surface area contributed by atoms with Gasteiger partial charge >= 0.3 is 6.03 Å². The Morgan fingerprint density at radius 2 is 1.64 bits per heavy atom. The number of aromatic nitrogens is 2. The molecule has 1 aliphatic rings. The Morgan fingerprint density at radius 1 is 0.893 bits per heavy atom. The number of rotatable bonds is 4. The van der Waals surface area contributed by atoms with Crippen molar-refractivity contribution in [3.63, 3.8) is 0 Å². The van der Waals surface area contributed by atoms with Crippen LogP contribution in [-0.4, -0.2) is 29.3 Å². The first kappa shape index (κ1) is 18.0. The molecule has 2 N–H and O–H groups in total. The van der Waals surface area contributed by atoms with Gasteiger partial charge in [0.05, 0.1) is 5.69 Å². The lowest BCUT2D eigenvalue weighted by molar-refractivity contribution is 0.262. The summed E-state index contributed by atoms with van der Waals surface area (Å²) in [5.41, 5.74) is 4.30. The van der Waals surface area contributed by atoms with Crippen molar-refractivity contribution in [1.82, 2.24) is 10.2 Å². The molecule has 28 heavy (non-hydrogen) atoms. The summed E-state index contributed by atoms with van der Waals surface area (Å²) in [6.07, 6.45) is 2.42. The highest BCUT2D eigenvalue weighted by atomic mass is 16.2. The molecule has 1 saturated heterocycles. The Hall–Kier alpha value is -3.41. The summed E-state index contributed by atoms with van der Waals surface area (Å²) in [6.45, 7) is 4.10. The van der Waals surface area contributed by atoms with Gasteiger partial charge in [0.15, 0.2) is 5.82 Å². The first-order valence-corrected chi connectivity index (χ1v) is 9.51. The van der Waals surface area contributed by atoms with Crippen LogP contribution in [0, 0.1) is 6.92 Å². The summed E-state index contributed by atoms with van der Waals surface area (Å²) >= 11 is 0. The number of carbonyl (C=O) groups excluding carboxylic acids is 1. The van der Waals surface area contributed by atoms with Crippen molar-refractivity contribution in [2.24, 2.45) is 0 Å². The summed E-state index contributed by atoms with van der Waals surface area (Å²) in [6, 6.07) is 19.0. The maximum Gasteiger partial charge on any atom is 0.323 e. The number of hydrogen-bond acceptors (Lipinski definition) is 4. The highest BCUT2D eigenvalue weighted by molar-refractivity contribution is 6.00. The van der Waals surface area contributed by atoms with Crippen LogP contribution >= 0.6 is 0 Å². The molecule has 1 aromatic heterocycles. The molecule has 1 fully saturated rings. The number of urea groups is 1. The third-order valence-electron chi connectivity index (χ3n) is 4.81. The van der Waals surface area contributed by atoms with E-state index in [1.165, 1.54) is 12.8 Å². The number of nitrogens with one attached hydrogen (secondary N) is 2. The third-order valence-corrected chi connectivity index (χ3v) is 4.81. The quantitative estimate of drug-likeness (QED) is 0.696. The lowest BCUT2D eigenvalue weighted by Crippen LogP contribution is -2.19. The van der Waals surface area contributed by atoms with Crippen LogP contribution < -0.4 is 15.5 Å². The molecular formula is C22H23N5O. The monoisotopic (exact) mass is 373 g/mol. The van der Waals surface area contributed by atoms with Crippen LogP contribution in [0.25, 0.3) is 11.3 Å². The molecule has 0 unspecified atom stereocenters. The SMILES string of the molecule is Cc1ccc(NC(=O)Nc2cccc(-c3ccc(N4CCCC4)nn3)c2)cc1. The molecule has 2 heterocycles. The minimum atomic E-state index is -0.281. The minimum absolute atomic E-state index is 0.281. The van der Waals surface area contributed by atoms with Crippen LogP contribution in [0.1, 0.15) is 18.4 Å². The van der Waals surface area contributed by atoms with E-state index in [-0.39, 0.29) is 6.03 Å². The summed E-state index contributed by atoms with van der Waals surface area (Å²) in [5.74, 6) is 0.924. The third kappa shape index (κ3) is 4.28. The molecule has 6 heteroatoms. The number of carbonyl (C=O) groups is 1. The fraction of sp³-hybridized carbons (Fsp3) is 0.227. The maximum absolute atomic E-state index is 12.3. The summed E-state index contributed by atoms with van der Waals surface area (Å²) < 4.78 is 0. The number of nitrogens with zero attached hydrogens (tertiary/aromatic N) is 3. The van der Waals surface area contributed by atoms with Crippen LogP contribution in [0.4, 0.5) is 22.0 Å². The molecule has 2 aromatic carbocycles. The van der Waals surface area contributed by atoms with Crippen molar-refractivity contribution < 1.29 is 4.79 Å². The molecule has 0 aliphatic carbocycles. The van der Waals surface area contributed by atoms with Gasteiger partial charge in [0.1, 0.15) is 0 Å². The number of hydrogen-bond donors (Lipinski definition) is 2. The maximum atomic E-state index is 12.3. The average Bonchev–Trinajstić information content (AvgIpc) is 3.25. The highest BCUT2D eigenvalue weighted by Crippen LogP contribution is 2.23. The fourth-order valence-corrected chi connectivity index (χ4v) is 3.28. The summed E-state index contributed by atoms with van der Waals surface area (Å²) in [7, 11) is 0. The standard InChI is InChI=1S/C22H23N5O/c1-16-7-9-18(10-8-16)23-22(28)24-19-6-4-5-17(15-19)20-11-12-21(26-25-20)27-13-2-3-14-27/h4-12,15H,2-3,13-14H2,1H3,(H2,23,24,28). The van der Waals surface area contributed by atoms with E-state index < -0.39 is 0 Å². The lowest BCUT2D eigenvalue weighted by Gasteiger charge is -2.15. The van der Waals surface area contributed by atoms with Crippen molar-refractivity contribution in [3.8, 4) is 11.3 Å². The smallest absolute Gasteiger partial charge is 0.323 e. The molecule has 6 nitrogen and oxygen atoms in total. The van der Waals surface area contributed by atoms with Gasteiger partial charge in [-0.1, -0.05) is 29.8 Å². The Kier molecular flexibility index (Phi) is 5.19. The number of amides is 2. The Morgan fingerprint density at radius 3 is 2.36 bits per heavy atom. The van der Waals surface area contributed by atoms with E-state index in [1.807, 2.05) is 67.6 Å². The van der Waals surface area contributed by atoms with Crippen molar-refractivity contribution in [1.29, 1.82) is 0 Å². The lowest BCUT2D eigenvalue weighted by atomic mass is 10.1. The van der Waals surface area contributed by atoms with Crippen LogP contribution in [0.3, 0.4) is 0 Å². The van der Waals surface area contributed by atoms with E-state index in [4.69, 9.17) is 0 Å². The van der Waals surface area contributed by atoms with Gasteiger partial charge < -0.3 is 15.5 Å². The molecule has 0 saturated carbocycles. The largest absolute Gasteiger partial charge is 0.355 e. The normalized spacial score (nSPS) is 13.4. The second kappa shape index (κ2) is 8.08. The molecule has 3 aromatic rings. The van der Waals surface area contributed by atoms with Crippen molar-refractivity contribution >= 4 is 23.2 Å². The second-order valence-electron chi connectivity index (χ2n) is 7.00. The minimum Gasteiger partial charge on any atom is -0.355 e. The van der Waals surface area contributed by atoms with E-state index in [0.29, 0.717) is 5.69 Å². The molecule has 0 spiro atoms. The zero-order valence-corrected chi connectivity index (χ0v) is 15.9. The molecule has 142 valence electrons. The molecule has 0 radical (unpaired) electrons. The zero-order valence-electron chi connectivity index (χ0n) is 15.9. The van der Waals surface area contributed by atoms with Crippen LogP contribution in [0.15, 0.2) is 60.7 Å². The topological polar surface area (TPSA) is 70.2 Å². The van der Waals surface area contributed by atoms with Gasteiger partial charge in [-0.2, -0.15) is 0 Å². The van der Waals surface area contributed by atoms with Crippen molar-refractivity contribution in [3.05, 3.63) is 66.2 Å². The fourth-order valence-electron chi connectivity index (χ4n) is 3.28. The average molecular weight is 373 g/mol. The number of benzene rings is 2. The molecule has 0 bridgehead atoms. The molecule has 1 aliphatic heterocycles. The number of anilines is 3. The first-order chi connectivity index (χ1) is 13.7. The van der Waals surface area contributed by atoms with E-state index in [2.05, 4.69) is 25.7 Å². The van der Waals surface area contributed by atoms with E-state index in [0.717, 1.165) is 41.4 Å². The summed E-state index contributed by atoms with van der Waals surface area (Å²) in [5, 5.41) is 14.4. The second-order valence-corrected chi connectivity index (χ2v) is 7.00. The Balaban J connectivity index is 1.43. The zero-order chi connectivity index (χ0) is 19.3. The van der Waals surface area contributed by atoms with Gasteiger partial charge in [0, 0.05) is 30.0 Å². The molecular weight excluding hydrogens is 350 g/mol. The van der Waals surface area contributed by atoms with Gasteiger partial charge in [0.2, 0.25) is 0 Å². The Labute approximate surface area is 164 Å². The van der Waals surface area contributed by atoms with Gasteiger partial charge in [-0.15, -0.1) is 10.2 Å².